The van der Waals surface area contributed by atoms with Crippen molar-refractivity contribution in [3.05, 3.63) is 155 Å². The summed E-state index contributed by atoms with van der Waals surface area (Å²) in [6, 6.07) is 8.42. The summed E-state index contributed by atoms with van der Waals surface area (Å²) < 4.78 is 295. The molecule has 0 atom stereocenters. The van der Waals surface area contributed by atoms with Crippen LogP contribution in [0.1, 0.15) is 18.1 Å². The fraction of sp³-hybridized carbons (Fsp3) is 0.0588. The van der Waals surface area contributed by atoms with Crippen LogP contribution in [0, 0.1) is 123 Å². The quantitative estimate of drug-likeness (QED) is 0.0721. The lowest BCUT2D eigenvalue weighted by Gasteiger charge is -2.44. The monoisotopic (exact) mass is 938 g/mol. The van der Waals surface area contributed by atoms with Gasteiger partial charge in [-0.05, 0) is 24.1 Å². The zero-order valence-corrected chi connectivity index (χ0v) is 29.3. The molecule has 0 saturated heterocycles. The third-order valence-electron chi connectivity index (χ3n) is 8.25. The summed E-state index contributed by atoms with van der Waals surface area (Å²) in [4.78, 5) is 0. The molecule has 0 bridgehead atoms. The molecular formula is C34H12BF20I. The fourth-order valence-corrected chi connectivity index (χ4v) is 6.20. The van der Waals surface area contributed by atoms with E-state index in [1.54, 1.807) is 0 Å². The van der Waals surface area contributed by atoms with Crippen LogP contribution in [0.4, 0.5) is 87.8 Å². The molecule has 0 radical (unpaired) electrons. The van der Waals surface area contributed by atoms with Crippen LogP contribution in [0.15, 0.2) is 27.8 Å². The van der Waals surface area contributed by atoms with Crippen molar-refractivity contribution in [3.8, 4) is 0 Å². The first kappa shape index (κ1) is 44.0. The Morgan fingerprint density at radius 3 is 0.768 bits per heavy atom. The van der Waals surface area contributed by atoms with Gasteiger partial charge in [-0.25, -0.2) is 87.8 Å². The summed E-state index contributed by atoms with van der Waals surface area (Å²) >= 11 is 2.05. The second kappa shape index (κ2) is 16.0. The molecule has 0 spiro atoms. The molecule has 298 valence electrons. The Hall–Kier alpha value is -4.77. The summed E-state index contributed by atoms with van der Waals surface area (Å²) in [7, 11) is 0. The van der Waals surface area contributed by atoms with E-state index in [-0.39, 0.29) is 0 Å². The molecule has 0 saturated carbocycles. The average molecular weight is 938 g/mol. The Balaban J connectivity index is 0.000000544. The minimum absolute atomic E-state index is 1.33. The lowest BCUT2D eigenvalue weighted by atomic mass is 9.12. The van der Waals surface area contributed by atoms with Gasteiger partial charge in [-0.1, -0.05) is 24.3 Å². The van der Waals surface area contributed by atoms with Gasteiger partial charge in [0.25, 0.3) is 22.6 Å². The number of hydrogen-bond donors (Lipinski definition) is 0. The number of benzene rings is 5. The molecule has 5 aromatic rings. The molecule has 0 fully saturated rings. The molecule has 0 aromatic heterocycles. The first-order valence-corrected chi connectivity index (χ1v) is 15.7. The second-order valence-electron chi connectivity index (χ2n) is 11.4. The fourth-order valence-electron chi connectivity index (χ4n) is 5.84. The molecule has 0 aliphatic carbocycles. The van der Waals surface area contributed by atoms with Crippen LogP contribution in [0.25, 0.3) is 6.08 Å². The van der Waals surface area contributed by atoms with E-state index in [0.717, 1.165) is 0 Å². The van der Waals surface area contributed by atoms with Crippen LogP contribution < -0.4 is 44.4 Å². The van der Waals surface area contributed by atoms with Crippen molar-refractivity contribution < 1.29 is 110 Å². The Morgan fingerprint density at radius 2 is 0.571 bits per heavy atom. The topological polar surface area (TPSA) is 0 Å². The molecule has 0 aliphatic rings. The molecule has 0 heterocycles. The van der Waals surface area contributed by atoms with Crippen LogP contribution in [0.5, 0.6) is 0 Å². The van der Waals surface area contributed by atoms with E-state index in [2.05, 4.69) is 44.2 Å². The number of allylic oxidation sites excluding steroid dienone is 1. The molecule has 0 amide bonds. The van der Waals surface area contributed by atoms with Crippen molar-refractivity contribution in [2.75, 3.05) is 0 Å². The summed E-state index contributed by atoms with van der Waals surface area (Å²) in [5, 5.41) is 0. The van der Waals surface area contributed by atoms with Gasteiger partial charge in [0.1, 0.15) is 52.7 Å². The van der Waals surface area contributed by atoms with E-state index in [1.807, 2.05) is 22.6 Å². The minimum atomic E-state index is -7.22. The van der Waals surface area contributed by atoms with Crippen molar-refractivity contribution in [2.45, 2.75) is 13.8 Å². The Morgan fingerprint density at radius 1 is 0.375 bits per heavy atom. The van der Waals surface area contributed by atoms with Gasteiger partial charge in [0, 0.05) is 6.92 Å². The summed E-state index contributed by atoms with van der Waals surface area (Å²) in [5.74, 6) is -71.4. The van der Waals surface area contributed by atoms with Gasteiger partial charge in [0.05, 0.1) is 0 Å². The van der Waals surface area contributed by atoms with Crippen LogP contribution in [0.2, 0.25) is 0 Å². The van der Waals surface area contributed by atoms with Crippen molar-refractivity contribution in [1.82, 2.24) is 0 Å². The first-order chi connectivity index (χ1) is 25.9. The summed E-state index contributed by atoms with van der Waals surface area (Å²) in [6.45, 7) is 4.26. The van der Waals surface area contributed by atoms with Gasteiger partial charge in [0.15, 0.2) is 73.4 Å². The van der Waals surface area contributed by atoms with Crippen molar-refractivity contribution in [3.63, 3.8) is 0 Å². The molecule has 5 aromatic carbocycles. The molecule has 0 aliphatic heterocycles. The van der Waals surface area contributed by atoms with Gasteiger partial charge in [0.2, 0.25) is 0 Å². The van der Waals surface area contributed by atoms with Crippen LogP contribution >= 0.6 is 0 Å². The number of rotatable bonds is 5. The van der Waals surface area contributed by atoms with E-state index < -0.39 is 144 Å². The van der Waals surface area contributed by atoms with Gasteiger partial charge in [-0.2, -0.15) is 0 Å². The van der Waals surface area contributed by atoms with Crippen LogP contribution in [0.3, 0.4) is 0 Å². The zero-order valence-electron chi connectivity index (χ0n) is 26.9. The Bertz CT molecular complexity index is 2080. The Kier molecular flexibility index (Phi) is 12.6. The van der Waals surface area contributed by atoms with Crippen LogP contribution in [-0.2, 0) is 0 Å². The highest BCUT2D eigenvalue weighted by atomic mass is 127. The molecule has 56 heavy (non-hydrogen) atoms. The number of hydrogen-bond acceptors (Lipinski definition) is 0. The average Bonchev–Trinajstić information content (AvgIpc) is 3.15. The zero-order chi connectivity index (χ0) is 42.6. The Labute approximate surface area is 313 Å². The molecule has 0 N–H and O–H groups in total. The van der Waals surface area contributed by atoms with Crippen molar-refractivity contribution >= 4 is 34.1 Å². The lowest BCUT2D eigenvalue weighted by Crippen LogP contribution is -3.32. The van der Waals surface area contributed by atoms with E-state index in [9.17, 15) is 52.7 Å². The highest BCUT2D eigenvalue weighted by molar-refractivity contribution is 7.20. The van der Waals surface area contributed by atoms with Crippen molar-refractivity contribution in [2.24, 2.45) is 0 Å². The van der Waals surface area contributed by atoms with E-state index >= 15 is 35.1 Å². The maximum absolute atomic E-state index is 15.4. The summed E-state index contributed by atoms with van der Waals surface area (Å²) in [5.41, 5.74) is -11.7. The molecule has 0 unspecified atom stereocenters. The largest absolute Gasteiger partial charge is 0.291 e. The maximum Gasteiger partial charge on any atom is 0.291 e. The summed E-state index contributed by atoms with van der Waals surface area (Å²) in [6.07, 6.45) is -5.01. The molecule has 0 nitrogen and oxygen atoms in total. The number of halogens is 21. The predicted molar refractivity (Wildman–Crippen MR) is 155 cm³/mol. The van der Waals surface area contributed by atoms with Gasteiger partial charge in [-0.15, -0.1) is 21.9 Å². The van der Waals surface area contributed by atoms with E-state index in [0.29, 0.717) is 0 Å². The normalized spacial score (nSPS) is 11.9. The third-order valence-corrected chi connectivity index (χ3v) is 8.59. The smallest absolute Gasteiger partial charge is 0.207 e. The molecule has 22 heteroatoms. The van der Waals surface area contributed by atoms with Gasteiger partial charge in [-0.3, -0.25) is 0 Å². The van der Waals surface area contributed by atoms with Gasteiger partial charge < -0.3 is 0 Å². The van der Waals surface area contributed by atoms with Crippen LogP contribution in [-0.4, -0.2) is 6.15 Å². The molecule has 5 rings (SSSR count). The van der Waals surface area contributed by atoms with E-state index in [1.165, 1.54) is 14.7 Å². The highest BCUT2D eigenvalue weighted by Crippen LogP contribution is 2.30. The molecular weight excluding hydrogens is 926 g/mol. The minimum Gasteiger partial charge on any atom is -0.207 e. The van der Waals surface area contributed by atoms with E-state index in [4.69, 9.17) is 0 Å². The predicted octanol–water partition coefficient (Wildman–Crippen LogP) is 5.49. The third kappa shape index (κ3) is 6.75. The number of aryl methyl sites for hydroxylation is 1. The maximum atomic E-state index is 15.4. The standard InChI is InChI=1S/C24BF20.C10H12I/c26-5-1(6(27)14(35)21(42)13(5)34)25(2-7(28)15(36)22(43)16(37)8(2)29,3-9(30)17(38)23(44)18(39)10(3)31)4-11(32)19(40)24(45)20(41)12(4)33;1-8-5-3-4-6-10(8)7-9(2)11/h;3-7,11H,1-2H3/q-1;+1. The van der Waals surface area contributed by atoms with Gasteiger partial charge >= 0.3 is 0 Å². The first-order valence-electron chi connectivity index (χ1n) is 14.5. The second-order valence-corrected chi connectivity index (χ2v) is 13.2. The highest BCUT2D eigenvalue weighted by Gasteiger charge is 2.52. The van der Waals surface area contributed by atoms with Crippen molar-refractivity contribution in [1.29, 1.82) is 0 Å². The SMILES string of the molecule is CC([IH+])=Cc1ccccc1C.Fc1c(F)c(F)c([B-](c2c(F)c(F)c(F)c(F)c2F)(c2c(F)c(F)c(F)c(F)c2F)c2c(F)c(F)c(F)c(F)c2F)c(F)c1F. The lowest BCUT2D eigenvalue weighted by molar-refractivity contribution is -0.299.